The van der Waals surface area contributed by atoms with Crippen molar-refractivity contribution < 1.29 is 17.4 Å². The van der Waals surface area contributed by atoms with Crippen LogP contribution in [-0.2, 0) is 20.5 Å². The fourth-order valence-electron chi connectivity index (χ4n) is 6.44. The van der Waals surface area contributed by atoms with Crippen molar-refractivity contribution in [2.75, 3.05) is 26.2 Å². The molecule has 1 saturated heterocycles. The number of nitrogens with zero attached hydrogens (tertiary/aromatic N) is 1. The second-order valence-electron chi connectivity index (χ2n) is 10.3. The van der Waals surface area contributed by atoms with Crippen LogP contribution in [0.2, 0.25) is 0 Å². The fourth-order valence-corrected chi connectivity index (χ4v) is 6.82. The average Bonchev–Trinajstić information content (AvgIpc) is 2.77. The van der Waals surface area contributed by atoms with Gasteiger partial charge in [0, 0.05) is 13.1 Å². The van der Waals surface area contributed by atoms with E-state index in [-0.39, 0.29) is 17.7 Å². The van der Waals surface area contributed by atoms with Crippen molar-refractivity contribution in [3.05, 3.63) is 29.3 Å². The largest absolute Gasteiger partial charge is 0.380 e. The van der Waals surface area contributed by atoms with Crippen LogP contribution in [0.3, 0.4) is 0 Å². The molecule has 33 heavy (non-hydrogen) atoms. The van der Waals surface area contributed by atoms with Gasteiger partial charge < -0.3 is 20.1 Å². The van der Waals surface area contributed by atoms with Crippen LogP contribution in [0, 0.1) is 17.8 Å². The van der Waals surface area contributed by atoms with Crippen LogP contribution in [0.4, 0.5) is 0 Å². The maximum Gasteiger partial charge on any atom is 0.380 e. The van der Waals surface area contributed by atoms with Gasteiger partial charge in [-0.25, -0.2) is 0 Å². The molecule has 1 aliphatic carbocycles. The number of hydrogen-bond donors (Lipinski definition) is 3. The van der Waals surface area contributed by atoms with Crippen molar-refractivity contribution in [3.63, 3.8) is 0 Å². The topological polar surface area (TPSA) is 128 Å². The number of fused-ring (bicyclic) bond motifs is 2. The van der Waals surface area contributed by atoms with E-state index in [1.165, 1.54) is 0 Å². The molecule has 1 unspecified atom stereocenters. The van der Waals surface area contributed by atoms with Gasteiger partial charge in [-0.15, -0.1) is 0 Å². The molecule has 0 aromatic heterocycles. The predicted molar refractivity (Wildman–Crippen MR) is 128 cm³/mol. The first-order chi connectivity index (χ1) is 15.7. The Morgan fingerprint density at radius 2 is 1.85 bits per heavy atom. The molecular weight excluding hydrogens is 440 g/mol. The van der Waals surface area contributed by atoms with E-state index in [2.05, 4.69) is 19.2 Å². The Balaban J connectivity index is 1.80. The van der Waals surface area contributed by atoms with Gasteiger partial charge in [-0.1, -0.05) is 19.9 Å². The third-order valence-corrected chi connectivity index (χ3v) is 8.53. The molecule has 2 heterocycles. The Bertz CT molecular complexity index is 967. The third-order valence-electron chi connectivity index (χ3n) is 8.11. The number of benzene rings is 1. The summed E-state index contributed by atoms with van der Waals surface area (Å²) in [4.78, 5) is 16.1. The summed E-state index contributed by atoms with van der Waals surface area (Å²) in [5.41, 5.74) is 7.40. The van der Waals surface area contributed by atoms with E-state index in [1.807, 2.05) is 11.0 Å². The Morgan fingerprint density at radius 1 is 1.18 bits per heavy atom. The van der Waals surface area contributed by atoms with Crippen LogP contribution in [-0.4, -0.2) is 45.4 Å². The molecule has 1 aromatic carbocycles. The van der Waals surface area contributed by atoms with Gasteiger partial charge in [-0.3, -0.25) is 4.79 Å². The minimum absolute atomic E-state index is 0.131. The highest BCUT2D eigenvalue weighted by Gasteiger charge is 2.52. The van der Waals surface area contributed by atoms with Gasteiger partial charge in [-0.05, 0) is 92.6 Å². The second-order valence-corrected chi connectivity index (χ2v) is 11.5. The van der Waals surface area contributed by atoms with Crippen molar-refractivity contribution in [2.45, 2.75) is 63.8 Å². The predicted octanol–water partition coefficient (Wildman–Crippen LogP) is 2.19. The van der Waals surface area contributed by atoms with Crippen molar-refractivity contribution in [2.24, 2.45) is 28.6 Å². The highest BCUT2D eigenvalue weighted by Crippen LogP contribution is 2.51. The number of amides is 1. The van der Waals surface area contributed by atoms with Crippen LogP contribution in [0.25, 0.3) is 0 Å². The minimum atomic E-state index is -4.14. The van der Waals surface area contributed by atoms with E-state index in [1.54, 1.807) is 12.1 Å². The van der Waals surface area contributed by atoms with Gasteiger partial charge in [0.1, 0.15) is 5.75 Å². The molecule has 9 heteroatoms. The normalized spacial score (nSPS) is 27.6. The van der Waals surface area contributed by atoms with Gasteiger partial charge >= 0.3 is 10.3 Å². The molecule has 2 fully saturated rings. The zero-order valence-corrected chi connectivity index (χ0v) is 20.6. The van der Waals surface area contributed by atoms with Gasteiger partial charge in [0.2, 0.25) is 5.91 Å². The van der Waals surface area contributed by atoms with Gasteiger partial charge in [0.25, 0.3) is 0 Å². The molecule has 1 atom stereocenters. The third kappa shape index (κ3) is 4.78. The highest BCUT2D eigenvalue weighted by atomic mass is 32.2. The van der Waals surface area contributed by atoms with Crippen LogP contribution < -0.4 is 20.4 Å². The summed E-state index contributed by atoms with van der Waals surface area (Å²) in [5.74, 6) is 2.02. The molecule has 2 aliphatic heterocycles. The molecule has 0 bridgehead atoms. The molecule has 184 valence electrons. The summed E-state index contributed by atoms with van der Waals surface area (Å²) in [6.45, 7) is 6.97. The number of rotatable bonds is 6. The zero-order valence-electron chi connectivity index (χ0n) is 19.8. The summed E-state index contributed by atoms with van der Waals surface area (Å²) in [5, 5.41) is 8.53. The minimum Gasteiger partial charge on any atom is -0.371 e. The molecule has 1 saturated carbocycles. The molecule has 4 rings (SSSR count). The van der Waals surface area contributed by atoms with E-state index in [9.17, 15) is 13.2 Å². The second kappa shape index (κ2) is 9.52. The summed E-state index contributed by atoms with van der Waals surface area (Å²) in [6, 6.07) is 5.20. The van der Waals surface area contributed by atoms with E-state index < -0.39 is 15.7 Å². The van der Waals surface area contributed by atoms with Crippen molar-refractivity contribution in [1.82, 2.24) is 10.2 Å². The molecule has 8 nitrogen and oxygen atoms in total. The summed E-state index contributed by atoms with van der Waals surface area (Å²) in [6.07, 6.45) is 5.78. The van der Waals surface area contributed by atoms with E-state index in [0.29, 0.717) is 43.7 Å². The van der Waals surface area contributed by atoms with Crippen molar-refractivity contribution in [1.29, 1.82) is 0 Å². The Kier molecular flexibility index (Phi) is 7.05. The van der Waals surface area contributed by atoms with Crippen LogP contribution in [0.1, 0.15) is 69.5 Å². The van der Waals surface area contributed by atoms with E-state index in [0.717, 1.165) is 49.9 Å². The molecule has 1 aromatic rings. The number of carbonyl (C=O) groups excluding carboxylic acids is 1. The first-order valence-electron chi connectivity index (χ1n) is 12.2. The lowest BCUT2D eigenvalue weighted by atomic mass is 9.63. The van der Waals surface area contributed by atoms with Crippen molar-refractivity contribution >= 4 is 16.2 Å². The number of piperidine rings is 1. The standard InChI is InChI=1S/C24H38N4O4S/c1-16(2)17-3-5-18(6-4-17)22-20-15-19(32-33(26,30)31)7-8-21(20)24(9-12-27-13-10-24)23(29)28(22)14-11-25/h7-8,15-18,22,27H,3-6,9-14,25H2,1-2H3,(H2,26,30,31). The maximum atomic E-state index is 14.1. The van der Waals surface area contributed by atoms with Crippen molar-refractivity contribution in [3.8, 4) is 5.75 Å². The maximum absolute atomic E-state index is 14.1. The summed E-state index contributed by atoms with van der Waals surface area (Å²) < 4.78 is 28.3. The van der Waals surface area contributed by atoms with Gasteiger partial charge in [-0.2, -0.15) is 13.6 Å². The molecular formula is C24H38N4O4S. The molecule has 1 amide bonds. The Hall–Kier alpha value is -1.68. The van der Waals surface area contributed by atoms with E-state index >= 15 is 0 Å². The first-order valence-corrected chi connectivity index (χ1v) is 13.7. The molecule has 5 N–H and O–H groups in total. The van der Waals surface area contributed by atoms with Crippen LogP contribution >= 0.6 is 0 Å². The fraction of sp³-hybridized carbons (Fsp3) is 0.708. The lowest BCUT2D eigenvalue weighted by Gasteiger charge is -2.52. The SMILES string of the molecule is CC(C)C1CCC(C2c3cc(OS(N)(=O)=O)ccc3C3(CCNCC3)C(=O)N2CCN)CC1. The quantitative estimate of drug-likeness (QED) is 0.575. The number of carbonyl (C=O) groups is 1. The first kappa shape index (κ1) is 24.4. The Morgan fingerprint density at radius 3 is 2.42 bits per heavy atom. The average molecular weight is 479 g/mol. The van der Waals surface area contributed by atoms with E-state index in [4.69, 9.17) is 15.1 Å². The lowest BCUT2D eigenvalue weighted by molar-refractivity contribution is -0.145. The van der Waals surface area contributed by atoms with Gasteiger partial charge in [0.15, 0.2) is 0 Å². The van der Waals surface area contributed by atoms with Crippen LogP contribution in [0.5, 0.6) is 5.75 Å². The molecule has 0 radical (unpaired) electrons. The Labute approximate surface area is 197 Å². The smallest absolute Gasteiger partial charge is 0.371 e. The summed E-state index contributed by atoms with van der Waals surface area (Å²) in [7, 11) is -4.14. The summed E-state index contributed by atoms with van der Waals surface area (Å²) >= 11 is 0. The zero-order chi connectivity index (χ0) is 23.8. The number of nitrogens with one attached hydrogen (secondary N) is 1. The highest BCUT2D eigenvalue weighted by molar-refractivity contribution is 7.84. The van der Waals surface area contributed by atoms with Crippen LogP contribution in [0.15, 0.2) is 18.2 Å². The monoisotopic (exact) mass is 478 g/mol. The lowest BCUT2D eigenvalue weighted by Crippen LogP contribution is -2.58. The number of nitrogens with two attached hydrogens (primary N) is 2. The van der Waals surface area contributed by atoms with Gasteiger partial charge in [0.05, 0.1) is 11.5 Å². The molecule has 3 aliphatic rings. The number of hydrogen-bond acceptors (Lipinski definition) is 6. The molecule has 1 spiro atoms.